The van der Waals surface area contributed by atoms with Gasteiger partial charge in [-0.05, 0) is 35.1 Å². The number of nitrogens with zero attached hydrogens (tertiary/aromatic N) is 3. The Morgan fingerprint density at radius 3 is 2.52 bits per heavy atom. The van der Waals surface area contributed by atoms with Crippen LogP contribution in [-0.2, 0) is 19.4 Å². The standard InChI is InChI=1S/C28H35N3O2/c1-2-3-9-18-31-27(29-26(30-31)19-21-10-5-4-6-11-21)20-22-14-16-23(17-15-22)24-12-7-8-13-25(24)28(32)33/h7-8,12-17,21H,2-6,9-11,18-20H2,1H3,(H,32,33). The van der Waals surface area contributed by atoms with E-state index in [9.17, 15) is 9.90 Å². The van der Waals surface area contributed by atoms with Gasteiger partial charge in [0.2, 0.25) is 0 Å². The molecule has 1 heterocycles. The highest BCUT2D eigenvalue weighted by Gasteiger charge is 2.18. The summed E-state index contributed by atoms with van der Waals surface area (Å²) in [5.41, 5.74) is 3.15. The minimum Gasteiger partial charge on any atom is -0.478 e. The van der Waals surface area contributed by atoms with Crippen molar-refractivity contribution in [2.24, 2.45) is 5.92 Å². The Morgan fingerprint density at radius 1 is 1.03 bits per heavy atom. The molecular formula is C28H35N3O2. The van der Waals surface area contributed by atoms with E-state index in [2.05, 4.69) is 23.7 Å². The molecule has 5 heteroatoms. The second-order valence-corrected chi connectivity index (χ2v) is 9.31. The van der Waals surface area contributed by atoms with Gasteiger partial charge in [-0.3, -0.25) is 0 Å². The molecule has 1 aromatic heterocycles. The van der Waals surface area contributed by atoms with Crippen LogP contribution in [0.3, 0.4) is 0 Å². The van der Waals surface area contributed by atoms with Crippen molar-refractivity contribution in [3.8, 4) is 11.1 Å². The van der Waals surface area contributed by atoms with Crippen LogP contribution < -0.4 is 0 Å². The second-order valence-electron chi connectivity index (χ2n) is 9.31. The Kier molecular flexibility index (Phi) is 7.92. The lowest BCUT2D eigenvalue weighted by Crippen LogP contribution is -2.10. The number of aryl methyl sites for hydroxylation is 1. The molecule has 1 N–H and O–H groups in total. The maximum Gasteiger partial charge on any atom is 0.336 e. The van der Waals surface area contributed by atoms with Crippen molar-refractivity contribution < 1.29 is 9.90 Å². The molecule has 4 rings (SSSR count). The summed E-state index contributed by atoms with van der Waals surface area (Å²) in [5, 5.41) is 14.4. The lowest BCUT2D eigenvalue weighted by Gasteiger charge is -2.19. The molecule has 0 bridgehead atoms. The van der Waals surface area contributed by atoms with Crippen molar-refractivity contribution in [2.45, 2.75) is 77.7 Å². The number of benzene rings is 2. The Labute approximate surface area is 196 Å². The van der Waals surface area contributed by atoms with E-state index in [1.165, 1.54) is 50.5 Å². The predicted molar refractivity (Wildman–Crippen MR) is 131 cm³/mol. The van der Waals surface area contributed by atoms with Crippen LogP contribution in [0.15, 0.2) is 48.5 Å². The van der Waals surface area contributed by atoms with Crippen LogP contribution in [0, 0.1) is 5.92 Å². The monoisotopic (exact) mass is 445 g/mol. The third-order valence-corrected chi connectivity index (χ3v) is 6.75. The van der Waals surface area contributed by atoms with E-state index in [4.69, 9.17) is 10.1 Å². The fourth-order valence-corrected chi connectivity index (χ4v) is 4.89. The number of aromatic carboxylic acids is 1. The van der Waals surface area contributed by atoms with Crippen LogP contribution in [0.1, 0.15) is 85.9 Å². The number of hydrogen-bond acceptors (Lipinski definition) is 3. The summed E-state index contributed by atoms with van der Waals surface area (Å²) in [6.45, 7) is 3.14. The van der Waals surface area contributed by atoms with Gasteiger partial charge >= 0.3 is 5.97 Å². The van der Waals surface area contributed by atoms with E-state index in [0.29, 0.717) is 5.56 Å². The molecule has 0 radical (unpaired) electrons. The zero-order valence-corrected chi connectivity index (χ0v) is 19.7. The minimum absolute atomic E-state index is 0.327. The van der Waals surface area contributed by atoms with Gasteiger partial charge in [-0.1, -0.05) is 94.3 Å². The van der Waals surface area contributed by atoms with Gasteiger partial charge in [0.15, 0.2) is 5.82 Å². The first kappa shape index (κ1) is 23.2. The average Bonchev–Trinajstić information content (AvgIpc) is 3.21. The number of hydrogen-bond donors (Lipinski definition) is 1. The average molecular weight is 446 g/mol. The number of rotatable bonds is 10. The molecule has 0 spiro atoms. The van der Waals surface area contributed by atoms with Gasteiger partial charge in [-0.25, -0.2) is 14.5 Å². The van der Waals surface area contributed by atoms with Gasteiger partial charge < -0.3 is 5.11 Å². The number of aromatic nitrogens is 3. The highest BCUT2D eigenvalue weighted by atomic mass is 16.4. The van der Waals surface area contributed by atoms with Crippen LogP contribution in [0.25, 0.3) is 11.1 Å². The normalized spacial score (nSPS) is 14.5. The summed E-state index contributed by atoms with van der Waals surface area (Å²) in [5.74, 6) is 1.86. The van der Waals surface area contributed by atoms with Crippen molar-refractivity contribution in [3.05, 3.63) is 71.3 Å². The van der Waals surface area contributed by atoms with Gasteiger partial charge in [0.1, 0.15) is 5.82 Å². The smallest absolute Gasteiger partial charge is 0.336 e. The summed E-state index contributed by atoms with van der Waals surface area (Å²) in [6.07, 6.45) is 11.9. The third-order valence-electron chi connectivity index (χ3n) is 6.75. The fourth-order valence-electron chi connectivity index (χ4n) is 4.89. The first-order valence-electron chi connectivity index (χ1n) is 12.5. The highest BCUT2D eigenvalue weighted by molar-refractivity contribution is 5.95. The topological polar surface area (TPSA) is 68.0 Å². The third kappa shape index (κ3) is 6.10. The molecule has 0 aliphatic heterocycles. The van der Waals surface area contributed by atoms with Crippen molar-refractivity contribution in [3.63, 3.8) is 0 Å². The van der Waals surface area contributed by atoms with Crippen molar-refractivity contribution in [1.82, 2.24) is 14.8 Å². The molecule has 174 valence electrons. The molecule has 0 amide bonds. The Bertz CT molecular complexity index is 1050. The largest absolute Gasteiger partial charge is 0.478 e. The minimum atomic E-state index is -0.902. The van der Waals surface area contributed by atoms with E-state index in [-0.39, 0.29) is 0 Å². The molecule has 1 aliphatic carbocycles. The Morgan fingerprint density at radius 2 is 1.79 bits per heavy atom. The maximum absolute atomic E-state index is 11.6. The Balaban J connectivity index is 1.51. The quantitative estimate of drug-likeness (QED) is 0.359. The molecule has 33 heavy (non-hydrogen) atoms. The predicted octanol–water partition coefficient (Wildman–Crippen LogP) is 6.55. The lowest BCUT2D eigenvalue weighted by atomic mass is 9.87. The molecule has 1 fully saturated rings. The van der Waals surface area contributed by atoms with E-state index < -0.39 is 5.97 Å². The molecule has 3 aromatic rings. The van der Waals surface area contributed by atoms with Crippen LogP contribution in [0.2, 0.25) is 0 Å². The van der Waals surface area contributed by atoms with Gasteiger partial charge in [-0.15, -0.1) is 0 Å². The number of unbranched alkanes of at least 4 members (excludes halogenated alkanes) is 2. The van der Waals surface area contributed by atoms with Crippen molar-refractivity contribution in [1.29, 1.82) is 0 Å². The van der Waals surface area contributed by atoms with Gasteiger partial charge in [0.05, 0.1) is 5.56 Å². The molecule has 1 saturated carbocycles. The molecule has 2 aromatic carbocycles. The highest BCUT2D eigenvalue weighted by Crippen LogP contribution is 2.27. The van der Waals surface area contributed by atoms with Crippen LogP contribution in [0.5, 0.6) is 0 Å². The van der Waals surface area contributed by atoms with E-state index in [1.807, 2.05) is 24.3 Å². The maximum atomic E-state index is 11.6. The molecule has 0 saturated heterocycles. The second kappa shape index (κ2) is 11.3. The van der Waals surface area contributed by atoms with Crippen LogP contribution in [0.4, 0.5) is 0 Å². The molecule has 5 nitrogen and oxygen atoms in total. The zero-order valence-electron chi connectivity index (χ0n) is 19.7. The Hall–Kier alpha value is -2.95. The summed E-state index contributed by atoms with van der Waals surface area (Å²) < 4.78 is 2.13. The SMILES string of the molecule is CCCCCn1nc(CC2CCCCC2)nc1Cc1ccc(-c2ccccc2C(=O)O)cc1. The van der Waals surface area contributed by atoms with Crippen LogP contribution >= 0.6 is 0 Å². The van der Waals surface area contributed by atoms with Crippen molar-refractivity contribution in [2.75, 3.05) is 0 Å². The van der Waals surface area contributed by atoms with Gasteiger partial charge in [0.25, 0.3) is 0 Å². The van der Waals surface area contributed by atoms with Gasteiger partial charge in [-0.2, -0.15) is 5.10 Å². The number of carbonyl (C=O) groups is 1. The first-order valence-corrected chi connectivity index (χ1v) is 12.5. The lowest BCUT2D eigenvalue weighted by molar-refractivity contribution is 0.0697. The molecule has 0 unspecified atom stereocenters. The summed E-state index contributed by atoms with van der Waals surface area (Å²) in [7, 11) is 0. The summed E-state index contributed by atoms with van der Waals surface area (Å²) in [4.78, 5) is 16.5. The van der Waals surface area contributed by atoms with Gasteiger partial charge in [0, 0.05) is 19.4 Å². The number of carboxylic acids is 1. The van der Waals surface area contributed by atoms with Crippen molar-refractivity contribution >= 4 is 5.97 Å². The van der Waals surface area contributed by atoms with E-state index in [0.717, 1.165) is 54.5 Å². The zero-order chi connectivity index (χ0) is 23.0. The molecular weight excluding hydrogens is 410 g/mol. The molecule has 1 aliphatic rings. The number of carboxylic acid groups (broad SMARTS) is 1. The van der Waals surface area contributed by atoms with Crippen LogP contribution in [-0.4, -0.2) is 25.8 Å². The van der Waals surface area contributed by atoms with E-state index >= 15 is 0 Å². The van der Waals surface area contributed by atoms with E-state index in [1.54, 1.807) is 12.1 Å². The fraction of sp³-hybridized carbons (Fsp3) is 0.464. The molecule has 0 atom stereocenters. The summed E-state index contributed by atoms with van der Waals surface area (Å²) in [6, 6.07) is 15.3. The summed E-state index contributed by atoms with van der Waals surface area (Å²) >= 11 is 0. The first-order chi connectivity index (χ1) is 16.1.